The normalized spacial score (nSPS) is 17.3. The van der Waals surface area contributed by atoms with Crippen LogP contribution in [0.5, 0.6) is 5.75 Å². The Morgan fingerprint density at radius 3 is 2.48 bits per heavy atom. The number of piperidine rings is 1. The number of thiophene rings is 1. The Bertz CT molecular complexity index is 754. The maximum atomic E-state index is 12.7. The van der Waals surface area contributed by atoms with Crippen LogP contribution in [0.4, 0.5) is 0 Å². The van der Waals surface area contributed by atoms with Gasteiger partial charge in [-0.3, -0.25) is 4.90 Å². The molecule has 0 N–H and O–H groups in total. The monoisotopic (exact) mass is 399 g/mol. The van der Waals surface area contributed by atoms with E-state index in [1.165, 1.54) is 17.8 Å². The van der Waals surface area contributed by atoms with Crippen LogP contribution in [0.25, 0.3) is 0 Å². The van der Waals surface area contributed by atoms with E-state index in [-0.39, 0.29) is 11.8 Å². The molecule has 1 fully saturated rings. The largest absolute Gasteiger partial charge is 0.492 e. The van der Waals surface area contributed by atoms with Gasteiger partial charge in [0.05, 0.1) is 11.8 Å². The highest BCUT2D eigenvalue weighted by molar-refractivity contribution is 7.93. The Labute approximate surface area is 158 Å². The Kier molecular flexibility index (Phi) is 6.39. The van der Waals surface area contributed by atoms with Crippen molar-refractivity contribution >= 4 is 32.8 Å². The van der Waals surface area contributed by atoms with Crippen molar-refractivity contribution in [1.29, 1.82) is 0 Å². The minimum atomic E-state index is -3.30. The second-order valence-electron chi connectivity index (χ2n) is 6.23. The number of hydrogen-bond acceptors (Lipinski definition) is 5. The lowest BCUT2D eigenvalue weighted by Gasteiger charge is -2.34. The van der Waals surface area contributed by atoms with Gasteiger partial charge in [-0.15, -0.1) is 11.3 Å². The standard InChI is InChI=1S/C18H22ClNO3S2/c19-15-6-8-17(9-7-15)23-13-16(20-10-2-1-3-11-20)14-25(21,22)18-5-4-12-24-18/h4-9,12,16H,1-3,10-11,13-14H2. The molecular formula is C18H22ClNO3S2. The van der Waals surface area contributed by atoms with E-state index in [0.717, 1.165) is 25.9 Å². The lowest BCUT2D eigenvalue weighted by molar-refractivity contribution is 0.126. The van der Waals surface area contributed by atoms with E-state index in [4.69, 9.17) is 16.3 Å². The van der Waals surface area contributed by atoms with Crippen LogP contribution in [0, 0.1) is 0 Å². The predicted octanol–water partition coefficient (Wildman–Crippen LogP) is 4.11. The SMILES string of the molecule is O=S(=O)(CC(COc1ccc(Cl)cc1)N1CCCCC1)c1cccs1. The van der Waals surface area contributed by atoms with Crippen molar-refractivity contribution in [3.63, 3.8) is 0 Å². The molecule has 1 aliphatic rings. The van der Waals surface area contributed by atoms with Crippen molar-refractivity contribution in [1.82, 2.24) is 4.90 Å². The van der Waals surface area contributed by atoms with Gasteiger partial charge in [0, 0.05) is 5.02 Å². The van der Waals surface area contributed by atoms with Gasteiger partial charge < -0.3 is 4.74 Å². The summed E-state index contributed by atoms with van der Waals surface area (Å²) in [5, 5.41) is 2.45. The molecule has 3 rings (SSSR count). The van der Waals surface area contributed by atoms with Gasteiger partial charge in [0.1, 0.15) is 16.6 Å². The Balaban J connectivity index is 1.71. The van der Waals surface area contributed by atoms with Crippen molar-refractivity contribution in [2.24, 2.45) is 0 Å². The number of sulfone groups is 1. The molecule has 1 atom stereocenters. The summed E-state index contributed by atoms with van der Waals surface area (Å²) >= 11 is 7.17. The fourth-order valence-electron chi connectivity index (χ4n) is 3.04. The fraction of sp³-hybridized carbons (Fsp3) is 0.444. The van der Waals surface area contributed by atoms with E-state index < -0.39 is 9.84 Å². The predicted molar refractivity (Wildman–Crippen MR) is 103 cm³/mol. The van der Waals surface area contributed by atoms with Gasteiger partial charge >= 0.3 is 0 Å². The van der Waals surface area contributed by atoms with Gasteiger partial charge in [-0.2, -0.15) is 0 Å². The molecule has 4 nitrogen and oxygen atoms in total. The molecule has 25 heavy (non-hydrogen) atoms. The topological polar surface area (TPSA) is 46.6 Å². The minimum Gasteiger partial charge on any atom is -0.492 e. The molecule has 0 spiro atoms. The maximum absolute atomic E-state index is 12.7. The number of halogens is 1. The highest BCUT2D eigenvalue weighted by atomic mass is 35.5. The van der Waals surface area contributed by atoms with Crippen molar-refractivity contribution < 1.29 is 13.2 Å². The summed E-state index contributed by atoms with van der Waals surface area (Å²) in [4.78, 5) is 2.25. The van der Waals surface area contributed by atoms with Gasteiger partial charge in [0.25, 0.3) is 0 Å². The summed E-state index contributed by atoms with van der Waals surface area (Å²) in [6.45, 7) is 2.20. The van der Waals surface area contributed by atoms with Crippen LogP contribution < -0.4 is 4.74 Å². The van der Waals surface area contributed by atoms with E-state index >= 15 is 0 Å². The Hall–Kier alpha value is -1.08. The number of benzene rings is 1. The molecule has 1 unspecified atom stereocenters. The van der Waals surface area contributed by atoms with Crippen LogP contribution in [0.2, 0.25) is 5.02 Å². The summed E-state index contributed by atoms with van der Waals surface area (Å²) in [7, 11) is -3.30. The van der Waals surface area contributed by atoms with Gasteiger partial charge in [-0.05, 0) is 61.6 Å². The van der Waals surface area contributed by atoms with Crippen LogP contribution in [0.15, 0.2) is 46.0 Å². The lowest BCUT2D eigenvalue weighted by Crippen LogP contribution is -2.46. The highest BCUT2D eigenvalue weighted by Crippen LogP contribution is 2.22. The summed E-state index contributed by atoms with van der Waals surface area (Å²) in [6, 6.07) is 10.5. The molecular weight excluding hydrogens is 378 g/mol. The third kappa shape index (κ3) is 5.20. The van der Waals surface area contributed by atoms with Crippen LogP contribution >= 0.6 is 22.9 Å². The molecule has 1 aromatic heterocycles. The average molecular weight is 400 g/mol. The first-order valence-corrected chi connectivity index (χ1v) is 11.3. The third-order valence-electron chi connectivity index (χ3n) is 4.38. The molecule has 2 aromatic rings. The van der Waals surface area contributed by atoms with Gasteiger partial charge in [0.15, 0.2) is 9.84 Å². The first-order chi connectivity index (χ1) is 12.0. The van der Waals surface area contributed by atoms with Gasteiger partial charge in [-0.1, -0.05) is 24.1 Å². The van der Waals surface area contributed by atoms with E-state index in [2.05, 4.69) is 4.90 Å². The molecule has 1 aliphatic heterocycles. The molecule has 2 heterocycles. The van der Waals surface area contributed by atoms with Crippen molar-refractivity contribution in [2.45, 2.75) is 29.5 Å². The van der Waals surface area contributed by atoms with Crippen LogP contribution in [0.3, 0.4) is 0 Å². The van der Waals surface area contributed by atoms with Crippen LogP contribution in [-0.2, 0) is 9.84 Å². The molecule has 0 saturated carbocycles. The number of ether oxygens (including phenoxy) is 1. The lowest BCUT2D eigenvalue weighted by atomic mass is 10.1. The van der Waals surface area contributed by atoms with Crippen LogP contribution in [-0.4, -0.2) is 44.8 Å². The first-order valence-electron chi connectivity index (χ1n) is 8.43. The molecule has 136 valence electrons. The number of hydrogen-bond donors (Lipinski definition) is 0. The molecule has 0 aliphatic carbocycles. The molecule has 7 heteroatoms. The Morgan fingerprint density at radius 2 is 1.84 bits per heavy atom. The Morgan fingerprint density at radius 1 is 1.12 bits per heavy atom. The zero-order valence-electron chi connectivity index (χ0n) is 13.9. The molecule has 1 saturated heterocycles. The molecule has 0 amide bonds. The van der Waals surface area contributed by atoms with Crippen molar-refractivity contribution in [3.8, 4) is 5.75 Å². The quantitative estimate of drug-likeness (QED) is 0.702. The second-order valence-corrected chi connectivity index (χ2v) is 9.87. The highest BCUT2D eigenvalue weighted by Gasteiger charge is 2.28. The third-order valence-corrected chi connectivity index (χ3v) is 7.91. The summed E-state index contributed by atoms with van der Waals surface area (Å²) in [5.41, 5.74) is 0. The van der Waals surface area contributed by atoms with Gasteiger partial charge in [0.2, 0.25) is 0 Å². The smallest absolute Gasteiger partial charge is 0.189 e. The van der Waals surface area contributed by atoms with Crippen molar-refractivity contribution in [3.05, 3.63) is 46.8 Å². The second kappa shape index (κ2) is 8.54. The van der Waals surface area contributed by atoms with E-state index in [0.29, 0.717) is 21.6 Å². The molecule has 0 bridgehead atoms. The summed E-state index contributed by atoms with van der Waals surface area (Å²) in [5.74, 6) is 0.793. The number of rotatable bonds is 7. The van der Waals surface area contributed by atoms with E-state index in [1.54, 1.807) is 29.6 Å². The van der Waals surface area contributed by atoms with E-state index in [9.17, 15) is 8.42 Å². The molecule has 1 aromatic carbocycles. The fourth-order valence-corrected chi connectivity index (χ4v) is 5.84. The summed E-state index contributed by atoms with van der Waals surface area (Å²) in [6.07, 6.45) is 3.42. The molecule has 0 radical (unpaired) electrons. The van der Waals surface area contributed by atoms with Crippen molar-refractivity contribution in [2.75, 3.05) is 25.4 Å². The number of likely N-dealkylation sites (tertiary alicyclic amines) is 1. The maximum Gasteiger partial charge on any atom is 0.189 e. The first kappa shape index (κ1) is 18.7. The van der Waals surface area contributed by atoms with E-state index in [1.807, 2.05) is 12.1 Å². The average Bonchev–Trinajstić information content (AvgIpc) is 3.16. The summed E-state index contributed by atoms with van der Waals surface area (Å²) < 4.78 is 31.7. The van der Waals surface area contributed by atoms with Crippen LogP contribution in [0.1, 0.15) is 19.3 Å². The number of nitrogens with zero attached hydrogens (tertiary/aromatic N) is 1. The zero-order chi connectivity index (χ0) is 17.7. The zero-order valence-corrected chi connectivity index (χ0v) is 16.3. The van der Waals surface area contributed by atoms with Gasteiger partial charge in [-0.25, -0.2) is 8.42 Å². The minimum absolute atomic E-state index is 0.0844.